The van der Waals surface area contributed by atoms with E-state index in [1.807, 2.05) is 13.8 Å². The second kappa shape index (κ2) is 5.70. The van der Waals surface area contributed by atoms with E-state index >= 15 is 0 Å². The van der Waals surface area contributed by atoms with Gasteiger partial charge in [-0.15, -0.1) is 0 Å². The number of ketones is 1. The first-order valence-corrected chi connectivity index (χ1v) is 9.06. The number of carbonyl (C=O) groups is 3. The molecular formula is C21H22N2O5. The van der Waals surface area contributed by atoms with Crippen LogP contribution in [0.5, 0.6) is 0 Å². The van der Waals surface area contributed by atoms with Crippen molar-refractivity contribution in [1.29, 1.82) is 0 Å². The molecule has 1 aromatic rings. The molecule has 7 heteroatoms. The molecule has 0 fully saturated rings. The van der Waals surface area contributed by atoms with E-state index in [2.05, 4.69) is 0 Å². The number of likely N-dealkylation sites (N-methyl/N-ethyl adjacent to an activating group) is 1. The number of hydrogen-bond donors (Lipinski definition) is 1. The monoisotopic (exact) mass is 382 g/mol. The predicted octanol–water partition coefficient (Wildman–Crippen LogP) is 1.92. The fourth-order valence-electron chi connectivity index (χ4n) is 4.66. The smallest absolute Gasteiger partial charge is 0.340 e. The Hall–Kier alpha value is -3.09. The summed E-state index contributed by atoms with van der Waals surface area (Å²) in [7, 11) is 2.83. The van der Waals surface area contributed by atoms with Crippen molar-refractivity contribution in [2.45, 2.75) is 32.1 Å². The van der Waals surface area contributed by atoms with Crippen LogP contribution in [0.15, 0.2) is 47.1 Å². The van der Waals surface area contributed by atoms with Crippen molar-refractivity contribution in [3.63, 3.8) is 0 Å². The van der Waals surface area contributed by atoms with Gasteiger partial charge >= 0.3 is 5.97 Å². The maximum atomic E-state index is 13.7. The van der Waals surface area contributed by atoms with Crippen molar-refractivity contribution in [2.75, 3.05) is 19.1 Å². The quantitative estimate of drug-likeness (QED) is 0.745. The van der Waals surface area contributed by atoms with Crippen LogP contribution in [0.25, 0.3) is 0 Å². The average Bonchev–Trinajstić information content (AvgIpc) is 2.83. The Kier molecular flexibility index (Phi) is 3.72. The van der Waals surface area contributed by atoms with Crippen LogP contribution >= 0.6 is 0 Å². The highest BCUT2D eigenvalue weighted by atomic mass is 16.5. The SMILES string of the molecule is COC(=O)C1=C(N)OC2=C(C(=O)CC(C)(C)C2)[C@]12C(=O)N(C)c1ccccc12. The van der Waals surface area contributed by atoms with Crippen LogP contribution in [0.4, 0.5) is 5.69 Å². The number of ether oxygens (including phenoxy) is 2. The summed E-state index contributed by atoms with van der Waals surface area (Å²) < 4.78 is 10.7. The summed E-state index contributed by atoms with van der Waals surface area (Å²) in [6, 6.07) is 7.09. The highest BCUT2D eigenvalue weighted by molar-refractivity contribution is 6.23. The number of nitrogens with two attached hydrogens (primary N) is 1. The summed E-state index contributed by atoms with van der Waals surface area (Å²) in [5, 5.41) is 0. The molecular weight excluding hydrogens is 360 g/mol. The minimum atomic E-state index is -1.65. The number of Topliss-reactive ketones (excluding diaryl/α,β-unsaturated/α-hetero) is 1. The van der Waals surface area contributed by atoms with Crippen molar-refractivity contribution < 1.29 is 23.9 Å². The van der Waals surface area contributed by atoms with E-state index in [0.29, 0.717) is 23.4 Å². The van der Waals surface area contributed by atoms with Crippen LogP contribution < -0.4 is 10.6 Å². The van der Waals surface area contributed by atoms with Crippen LogP contribution in [0.3, 0.4) is 0 Å². The van der Waals surface area contributed by atoms with Crippen molar-refractivity contribution in [1.82, 2.24) is 0 Å². The summed E-state index contributed by atoms with van der Waals surface area (Å²) in [6.45, 7) is 3.91. The lowest BCUT2D eigenvalue weighted by atomic mass is 9.62. The lowest BCUT2D eigenvalue weighted by Crippen LogP contribution is -2.51. The summed E-state index contributed by atoms with van der Waals surface area (Å²) in [5.41, 5.74) is 5.38. The number of allylic oxidation sites excluding steroid dienone is 1. The molecule has 1 amide bonds. The fourth-order valence-corrected chi connectivity index (χ4v) is 4.66. The van der Waals surface area contributed by atoms with Gasteiger partial charge in [0.2, 0.25) is 11.8 Å². The number of rotatable bonds is 1. The zero-order valence-electron chi connectivity index (χ0n) is 16.3. The number of fused-ring (bicyclic) bond motifs is 3. The van der Waals surface area contributed by atoms with E-state index < -0.39 is 17.3 Å². The lowest BCUT2D eigenvalue weighted by Gasteiger charge is -2.42. The van der Waals surface area contributed by atoms with Gasteiger partial charge in [0, 0.05) is 31.1 Å². The highest BCUT2D eigenvalue weighted by Gasteiger charge is 2.64. The van der Waals surface area contributed by atoms with Gasteiger partial charge in [-0.1, -0.05) is 32.0 Å². The molecule has 0 saturated carbocycles. The van der Waals surface area contributed by atoms with Gasteiger partial charge in [-0.2, -0.15) is 0 Å². The molecule has 1 aliphatic carbocycles. The minimum Gasteiger partial charge on any atom is -0.465 e. The van der Waals surface area contributed by atoms with E-state index in [0.717, 1.165) is 0 Å². The van der Waals surface area contributed by atoms with Gasteiger partial charge < -0.3 is 20.1 Å². The number of benzene rings is 1. The van der Waals surface area contributed by atoms with Gasteiger partial charge in [0.05, 0.1) is 12.7 Å². The van der Waals surface area contributed by atoms with Crippen LogP contribution in [0, 0.1) is 5.41 Å². The number of carbonyl (C=O) groups excluding carboxylic acids is 3. The van der Waals surface area contributed by atoms with E-state index in [4.69, 9.17) is 15.2 Å². The first-order chi connectivity index (χ1) is 13.1. The average molecular weight is 382 g/mol. The van der Waals surface area contributed by atoms with Crippen molar-refractivity contribution >= 4 is 23.3 Å². The van der Waals surface area contributed by atoms with Gasteiger partial charge in [0.25, 0.3) is 0 Å². The number of esters is 1. The van der Waals surface area contributed by atoms with E-state index in [-0.39, 0.29) is 34.6 Å². The standard InChI is InChI=1S/C21H22N2O5/c1-20(2)9-13(24)15-14(10-20)28-17(22)16(18(25)27-4)21(15)11-7-5-6-8-12(11)23(3)19(21)26/h5-8H,9-10,22H2,1-4H3/t21-/m0/s1. The zero-order chi connectivity index (χ0) is 20.4. The number of amides is 1. The van der Waals surface area contributed by atoms with Crippen LogP contribution in [-0.4, -0.2) is 31.8 Å². The molecule has 4 rings (SSSR count). The van der Waals surface area contributed by atoms with Crippen LogP contribution in [-0.2, 0) is 29.3 Å². The third kappa shape index (κ3) is 2.13. The first-order valence-electron chi connectivity index (χ1n) is 9.06. The Balaban J connectivity index is 2.12. The molecule has 0 radical (unpaired) electrons. The molecule has 1 atom stereocenters. The lowest BCUT2D eigenvalue weighted by molar-refractivity contribution is -0.139. The molecule has 2 N–H and O–H groups in total. The molecule has 28 heavy (non-hydrogen) atoms. The Morgan fingerprint density at radius 2 is 1.89 bits per heavy atom. The number of nitrogens with zero attached hydrogens (tertiary/aromatic N) is 1. The van der Waals surface area contributed by atoms with Crippen molar-refractivity contribution in [3.8, 4) is 0 Å². The Morgan fingerprint density at radius 1 is 1.21 bits per heavy atom. The second-order valence-corrected chi connectivity index (χ2v) is 8.20. The third-order valence-electron chi connectivity index (χ3n) is 5.75. The highest BCUT2D eigenvalue weighted by Crippen LogP contribution is 2.57. The fraction of sp³-hybridized carbons (Fsp3) is 0.381. The second-order valence-electron chi connectivity index (χ2n) is 8.20. The summed E-state index contributed by atoms with van der Waals surface area (Å²) >= 11 is 0. The van der Waals surface area contributed by atoms with E-state index in [1.54, 1.807) is 31.3 Å². The van der Waals surface area contributed by atoms with Gasteiger partial charge in [-0.3, -0.25) is 9.59 Å². The molecule has 0 aromatic heterocycles. The van der Waals surface area contributed by atoms with Crippen LogP contribution in [0.1, 0.15) is 32.3 Å². The maximum Gasteiger partial charge on any atom is 0.340 e. The molecule has 0 saturated heterocycles. The molecule has 146 valence electrons. The largest absolute Gasteiger partial charge is 0.465 e. The Morgan fingerprint density at radius 3 is 2.57 bits per heavy atom. The summed E-state index contributed by atoms with van der Waals surface area (Å²) in [6.07, 6.45) is 0.675. The van der Waals surface area contributed by atoms with E-state index in [9.17, 15) is 14.4 Å². The van der Waals surface area contributed by atoms with Crippen molar-refractivity contribution in [2.24, 2.45) is 11.1 Å². The van der Waals surface area contributed by atoms with Crippen molar-refractivity contribution in [3.05, 3.63) is 52.6 Å². The van der Waals surface area contributed by atoms with Crippen LogP contribution in [0.2, 0.25) is 0 Å². The minimum absolute atomic E-state index is 0.136. The van der Waals surface area contributed by atoms with Gasteiger partial charge in [-0.25, -0.2) is 4.79 Å². The molecule has 3 aliphatic rings. The number of para-hydroxylation sites is 1. The third-order valence-corrected chi connectivity index (χ3v) is 5.75. The molecule has 0 bridgehead atoms. The number of methoxy groups -OCH3 is 1. The van der Waals surface area contributed by atoms with Gasteiger partial charge in [-0.05, 0) is 11.5 Å². The Labute approximate surface area is 162 Å². The number of anilines is 1. The Bertz CT molecular complexity index is 1000. The molecule has 2 heterocycles. The molecule has 1 aromatic carbocycles. The van der Waals surface area contributed by atoms with E-state index in [1.165, 1.54) is 12.0 Å². The molecule has 7 nitrogen and oxygen atoms in total. The maximum absolute atomic E-state index is 13.7. The topological polar surface area (TPSA) is 98.9 Å². The first kappa shape index (κ1) is 18.3. The zero-order valence-corrected chi connectivity index (χ0v) is 16.3. The van der Waals surface area contributed by atoms with Gasteiger partial charge in [0.1, 0.15) is 16.7 Å². The summed E-state index contributed by atoms with van der Waals surface area (Å²) in [5.74, 6) is -1.28. The van der Waals surface area contributed by atoms with Gasteiger partial charge in [0.15, 0.2) is 5.78 Å². The summed E-state index contributed by atoms with van der Waals surface area (Å²) in [4.78, 5) is 41.2. The number of hydrogen-bond acceptors (Lipinski definition) is 6. The predicted molar refractivity (Wildman–Crippen MR) is 101 cm³/mol. The molecule has 0 unspecified atom stereocenters. The molecule has 2 aliphatic heterocycles. The normalized spacial score (nSPS) is 25.6. The molecule has 1 spiro atoms.